The number of carbonyl (C=O) groups is 1. The summed E-state index contributed by atoms with van der Waals surface area (Å²) >= 11 is 0. The van der Waals surface area contributed by atoms with Gasteiger partial charge in [0.1, 0.15) is 12.6 Å². The minimum atomic E-state index is -0.202. The van der Waals surface area contributed by atoms with Crippen molar-refractivity contribution in [2.45, 2.75) is 38.6 Å². The van der Waals surface area contributed by atoms with Gasteiger partial charge in [-0.1, -0.05) is 6.42 Å². The molecular formula is C11H18N2O2. The second kappa shape index (κ2) is 6.41. The van der Waals surface area contributed by atoms with Gasteiger partial charge in [0.15, 0.2) is 0 Å². The van der Waals surface area contributed by atoms with E-state index in [1.54, 1.807) is 0 Å². The molecule has 0 aromatic heterocycles. The Labute approximate surface area is 90.8 Å². The van der Waals surface area contributed by atoms with Gasteiger partial charge in [0.25, 0.3) is 0 Å². The molecule has 4 nitrogen and oxygen atoms in total. The van der Waals surface area contributed by atoms with E-state index in [2.05, 4.69) is 4.90 Å². The maximum Gasteiger partial charge on any atom is 0.323 e. The highest BCUT2D eigenvalue weighted by molar-refractivity contribution is 5.75. The molecule has 0 amide bonds. The van der Waals surface area contributed by atoms with Crippen LogP contribution in [0.5, 0.6) is 0 Å². The molecule has 0 N–H and O–H groups in total. The van der Waals surface area contributed by atoms with E-state index < -0.39 is 0 Å². The van der Waals surface area contributed by atoms with Crippen LogP contribution in [0.1, 0.15) is 32.6 Å². The maximum absolute atomic E-state index is 11.5. The summed E-state index contributed by atoms with van der Waals surface area (Å²) < 4.78 is 4.99. The molecule has 0 saturated carbocycles. The number of nitrogens with zero attached hydrogens (tertiary/aromatic N) is 2. The Morgan fingerprint density at radius 2 is 2.13 bits per heavy atom. The summed E-state index contributed by atoms with van der Waals surface area (Å²) in [6.07, 6.45) is 3.86. The molecule has 0 bridgehead atoms. The normalized spacial score (nSPS) is 19.2. The summed E-state index contributed by atoms with van der Waals surface area (Å²) in [5.41, 5.74) is 0. The van der Waals surface area contributed by atoms with Gasteiger partial charge in [-0.15, -0.1) is 0 Å². The zero-order valence-electron chi connectivity index (χ0n) is 9.24. The lowest BCUT2D eigenvalue weighted by Crippen LogP contribution is -2.43. The van der Waals surface area contributed by atoms with E-state index in [-0.39, 0.29) is 25.0 Å². The Morgan fingerprint density at radius 3 is 2.73 bits per heavy atom. The summed E-state index contributed by atoms with van der Waals surface area (Å²) in [6, 6.07) is 1.79. The van der Waals surface area contributed by atoms with Crippen molar-refractivity contribution >= 4 is 5.97 Å². The van der Waals surface area contributed by atoms with Gasteiger partial charge in [-0.05, 0) is 32.9 Å². The highest BCUT2D eigenvalue weighted by Gasteiger charge is 2.23. The molecule has 1 atom stereocenters. The molecule has 1 aliphatic rings. The minimum Gasteiger partial charge on any atom is -0.463 e. The Hall–Kier alpha value is -1.08. The van der Waals surface area contributed by atoms with Crippen molar-refractivity contribution in [2.24, 2.45) is 0 Å². The van der Waals surface area contributed by atoms with Crippen molar-refractivity contribution in [1.29, 1.82) is 5.26 Å². The van der Waals surface area contributed by atoms with Crippen LogP contribution in [0.15, 0.2) is 0 Å². The molecule has 0 spiro atoms. The van der Waals surface area contributed by atoms with E-state index in [0.29, 0.717) is 0 Å². The quantitative estimate of drug-likeness (QED) is 0.518. The number of ether oxygens (including phenoxy) is 1. The van der Waals surface area contributed by atoms with Gasteiger partial charge >= 0.3 is 5.97 Å². The van der Waals surface area contributed by atoms with Gasteiger partial charge in [-0.25, -0.2) is 0 Å². The molecule has 1 aliphatic heterocycles. The van der Waals surface area contributed by atoms with Gasteiger partial charge in [0.2, 0.25) is 0 Å². The van der Waals surface area contributed by atoms with Crippen LogP contribution in [0.3, 0.4) is 0 Å². The van der Waals surface area contributed by atoms with E-state index in [9.17, 15) is 4.79 Å². The fourth-order valence-electron chi connectivity index (χ4n) is 1.77. The molecule has 1 fully saturated rings. The third-order valence-corrected chi connectivity index (χ3v) is 2.74. The number of carbonyl (C=O) groups excluding carboxylic acids is 1. The summed E-state index contributed by atoms with van der Waals surface area (Å²) in [5, 5.41) is 8.31. The van der Waals surface area contributed by atoms with Gasteiger partial charge < -0.3 is 4.74 Å². The van der Waals surface area contributed by atoms with Gasteiger partial charge in [-0.3, -0.25) is 9.69 Å². The summed E-state index contributed by atoms with van der Waals surface area (Å²) in [5.74, 6) is -0.202. The first-order valence-electron chi connectivity index (χ1n) is 5.53. The van der Waals surface area contributed by atoms with Crippen LogP contribution in [-0.4, -0.2) is 36.6 Å². The molecule has 0 radical (unpaired) electrons. The molecule has 4 heteroatoms. The van der Waals surface area contributed by atoms with Crippen molar-refractivity contribution in [3.63, 3.8) is 0 Å². The van der Waals surface area contributed by atoms with E-state index in [0.717, 1.165) is 25.9 Å². The van der Waals surface area contributed by atoms with Crippen LogP contribution in [0.4, 0.5) is 0 Å². The van der Waals surface area contributed by atoms with Gasteiger partial charge in [-0.2, -0.15) is 5.26 Å². The lowest BCUT2D eigenvalue weighted by atomic mass is 10.1. The fourth-order valence-corrected chi connectivity index (χ4v) is 1.77. The lowest BCUT2D eigenvalue weighted by Gasteiger charge is -2.30. The Bertz CT molecular complexity index is 241. The van der Waals surface area contributed by atoms with Crippen LogP contribution < -0.4 is 0 Å². The van der Waals surface area contributed by atoms with Crippen LogP contribution in [0.25, 0.3) is 0 Å². The first-order chi connectivity index (χ1) is 7.25. The number of rotatable bonds is 4. The Balaban J connectivity index is 2.28. The van der Waals surface area contributed by atoms with Crippen LogP contribution in [-0.2, 0) is 9.53 Å². The van der Waals surface area contributed by atoms with Crippen LogP contribution in [0, 0.1) is 11.3 Å². The number of piperidine rings is 1. The second-order valence-corrected chi connectivity index (χ2v) is 3.85. The predicted molar refractivity (Wildman–Crippen MR) is 56.1 cm³/mol. The summed E-state index contributed by atoms with van der Waals surface area (Å²) in [7, 11) is 0. The average Bonchev–Trinajstić information content (AvgIpc) is 2.29. The minimum absolute atomic E-state index is 0.163. The molecule has 1 rings (SSSR count). The lowest BCUT2D eigenvalue weighted by molar-refractivity contribution is -0.149. The van der Waals surface area contributed by atoms with Crippen molar-refractivity contribution in [3.8, 4) is 6.07 Å². The van der Waals surface area contributed by atoms with Gasteiger partial charge in [0, 0.05) is 0 Å². The molecule has 84 valence electrons. The topological polar surface area (TPSA) is 53.3 Å². The molecule has 0 aromatic carbocycles. The number of nitriles is 1. The summed E-state index contributed by atoms with van der Waals surface area (Å²) in [4.78, 5) is 13.7. The number of esters is 1. The molecule has 1 saturated heterocycles. The van der Waals surface area contributed by atoms with Crippen molar-refractivity contribution in [2.75, 3.05) is 19.7 Å². The van der Waals surface area contributed by atoms with Gasteiger partial charge in [0.05, 0.1) is 12.5 Å². The highest BCUT2D eigenvalue weighted by atomic mass is 16.5. The van der Waals surface area contributed by atoms with Crippen molar-refractivity contribution < 1.29 is 9.53 Å². The monoisotopic (exact) mass is 210 g/mol. The molecular weight excluding hydrogens is 192 g/mol. The van der Waals surface area contributed by atoms with E-state index in [1.165, 1.54) is 6.42 Å². The average molecular weight is 210 g/mol. The molecule has 0 aromatic rings. The van der Waals surface area contributed by atoms with E-state index in [4.69, 9.17) is 10.00 Å². The molecule has 1 unspecified atom stereocenters. The molecule has 0 aliphatic carbocycles. The van der Waals surface area contributed by atoms with Crippen molar-refractivity contribution in [3.05, 3.63) is 0 Å². The van der Waals surface area contributed by atoms with E-state index >= 15 is 0 Å². The van der Waals surface area contributed by atoms with Crippen LogP contribution in [0.2, 0.25) is 0 Å². The number of hydrogen-bond acceptors (Lipinski definition) is 4. The maximum atomic E-state index is 11.5. The molecule has 1 heterocycles. The van der Waals surface area contributed by atoms with Crippen molar-refractivity contribution in [1.82, 2.24) is 4.90 Å². The second-order valence-electron chi connectivity index (χ2n) is 3.85. The first kappa shape index (κ1) is 12.0. The number of likely N-dealkylation sites (tertiary alicyclic amines) is 1. The fraction of sp³-hybridized carbons (Fsp3) is 0.818. The number of hydrogen-bond donors (Lipinski definition) is 0. The Morgan fingerprint density at radius 1 is 1.47 bits per heavy atom. The third-order valence-electron chi connectivity index (χ3n) is 2.74. The largest absolute Gasteiger partial charge is 0.463 e. The predicted octanol–water partition coefficient (Wildman–Crippen LogP) is 1.32. The zero-order valence-corrected chi connectivity index (χ0v) is 9.24. The first-order valence-corrected chi connectivity index (χ1v) is 5.53. The van der Waals surface area contributed by atoms with E-state index in [1.807, 2.05) is 13.0 Å². The highest BCUT2D eigenvalue weighted by Crippen LogP contribution is 2.12. The zero-order chi connectivity index (χ0) is 11.1. The summed E-state index contributed by atoms with van der Waals surface area (Å²) in [6.45, 7) is 4.05. The standard InChI is InChI=1S/C11H18N2O2/c1-10(11(14)15-9-5-6-12)13-7-3-2-4-8-13/h10H,2-5,7-9H2,1H3. The molecule has 15 heavy (non-hydrogen) atoms. The Kier molecular flexibility index (Phi) is 5.13. The smallest absolute Gasteiger partial charge is 0.323 e. The van der Waals surface area contributed by atoms with Crippen LogP contribution >= 0.6 is 0 Å². The third kappa shape index (κ3) is 3.88. The SMILES string of the molecule is CC(C(=O)OCCC#N)N1CCCCC1.